The average Bonchev–Trinajstić information content (AvgIpc) is 3.14. The summed E-state index contributed by atoms with van der Waals surface area (Å²) in [6, 6.07) is 19.0. The van der Waals surface area contributed by atoms with Gasteiger partial charge in [-0.25, -0.2) is 4.99 Å². The zero-order chi connectivity index (χ0) is 19.8. The van der Waals surface area contributed by atoms with Gasteiger partial charge in [-0.3, -0.25) is 0 Å². The first-order chi connectivity index (χ1) is 13.5. The van der Waals surface area contributed by atoms with E-state index in [0.29, 0.717) is 11.4 Å². The van der Waals surface area contributed by atoms with Crippen LogP contribution in [0.25, 0.3) is 16.5 Å². The van der Waals surface area contributed by atoms with Crippen LogP contribution in [0.5, 0.6) is 0 Å². The number of furan rings is 1. The highest BCUT2D eigenvalue weighted by Crippen LogP contribution is 2.29. The fourth-order valence-corrected chi connectivity index (χ4v) is 3.65. The number of nitriles is 1. The quantitative estimate of drug-likeness (QED) is 0.412. The Morgan fingerprint density at radius 3 is 2.57 bits per heavy atom. The van der Waals surface area contributed by atoms with E-state index >= 15 is 0 Å². The maximum absolute atomic E-state index is 9.37. The van der Waals surface area contributed by atoms with Crippen molar-refractivity contribution in [2.75, 3.05) is 0 Å². The van der Waals surface area contributed by atoms with E-state index in [1.54, 1.807) is 6.21 Å². The molecule has 4 nitrogen and oxygen atoms in total. The van der Waals surface area contributed by atoms with E-state index in [9.17, 15) is 5.26 Å². The topological polar surface area (TPSA) is 54.2 Å². The first-order valence-electron chi connectivity index (χ1n) is 9.22. The summed E-state index contributed by atoms with van der Waals surface area (Å²) in [4.78, 5) is 4.47. The molecule has 4 rings (SSSR count). The lowest BCUT2D eigenvalue weighted by molar-refractivity contribution is 0.542. The molecule has 0 saturated heterocycles. The van der Waals surface area contributed by atoms with Gasteiger partial charge >= 0.3 is 0 Å². The molecular weight excluding hydrogens is 346 g/mol. The Morgan fingerprint density at radius 1 is 1.04 bits per heavy atom. The number of benzene rings is 2. The molecule has 4 heteroatoms. The maximum Gasteiger partial charge on any atom is 0.237 e. The molecule has 2 heterocycles. The lowest BCUT2D eigenvalue weighted by Crippen LogP contribution is -2.00. The van der Waals surface area contributed by atoms with Crippen LogP contribution in [0, 0.1) is 39.0 Å². The minimum atomic E-state index is 0.368. The zero-order valence-corrected chi connectivity index (χ0v) is 16.4. The summed E-state index contributed by atoms with van der Waals surface area (Å²) < 4.78 is 7.89. The number of fused-ring (bicyclic) bond motifs is 1. The van der Waals surface area contributed by atoms with Crippen LogP contribution in [-0.2, 0) is 0 Å². The lowest BCUT2D eigenvalue weighted by atomic mass is 10.1. The predicted octanol–water partition coefficient (Wildman–Crippen LogP) is 6.08. The molecule has 2 aromatic carbocycles. The molecule has 0 saturated carbocycles. The van der Waals surface area contributed by atoms with Crippen molar-refractivity contribution in [1.82, 2.24) is 4.57 Å². The lowest BCUT2D eigenvalue weighted by Gasteiger charge is -2.12. The van der Waals surface area contributed by atoms with Crippen molar-refractivity contribution in [2.45, 2.75) is 27.7 Å². The molecule has 28 heavy (non-hydrogen) atoms. The third-order valence-electron chi connectivity index (χ3n) is 5.28. The number of nitrogens with zero attached hydrogens (tertiary/aromatic N) is 3. The summed E-state index contributed by atoms with van der Waals surface area (Å²) in [7, 11) is 0. The SMILES string of the molecule is Cc1oc(N=Cc2cc(C)n(-c3cccc4ccccc34)c2C)c(C#N)c1C. The fraction of sp³-hybridized carbons (Fsp3) is 0.167. The highest BCUT2D eigenvalue weighted by molar-refractivity contribution is 5.91. The molecule has 0 aliphatic heterocycles. The Hall–Kier alpha value is -3.58. The molecule has 0 amide bonds. The van der Waals surface area contributed by atoms with Gasteiger partial charge in [-0.05, 0) is 45.2 Å². The van der Waals surface area contributed by atoms with Crippen molar-refractivity contribution in [3.05, 3.63) is 82.4 Å². The van der Waals surface area contributed by atoms with Crippen LogP contribution in [-0.4, -0.2) is 10.8 Å². The summed E-state index contributed by atoms with van der Waals surface area (Å²) in [6.07, 6.45) is 1.78. The summed E-state index contributed by atoms with van der Waals surface area (Å²) in [6.45, 7) is 7.90. The van der Waals surface area contributed by atoms with Crippen LogP contribution in [0.1, 0.15) is 33.8 Å². The standard InChI is InChI=1S/C24H21N3O/c1-15-12-20(14-26-24-22(13-25)16(2)18(4)28-24)17(3)27(15)23-11-7-9-19-8-5-6-10-21(19)23/h5-12,14H,1-4H3. The van der Waals surface area contributed by atoms with Gasteiger partial charge in [-0.15, -0.1) is 0 Å². The summed E-state index contributed by atoms with van der Waals surface area (Å²) in [5.41, 5.74) is 5.71. The van der Waals surface area contributed by atoms with E-state index < -0.39 is 0 Å². The number of rotatable bonds is 3. The number of hydrogen-bond donors (Lipinski definition) is 0. The van der Waals surface area contributed by atoms with Crippen molar-refractivity contribution in [3.8, 4) is 11.8 Å². The Morgan fingerprint density at radius 2 is 1.79 bits per heavy atom. The average molecular weight is 367 g/mol. The number of aliphatic imine (C=N–C) groups is 1. The summed E-state index contributed by atoms with van der Waals surface area (Å²) >= 11 is 0. The van der Waals surface area contributed by atoms with Gasteiger partial charge in [-0.2, -0.15) is 5.26 Å². The van der Waals surface area contributed by atoms with Gasteiger partial charge < -0.3 is 8.98 Å². The van der Waals surface area contributed by atoms with Gasteiger partial charge in [-0.1, -0.05) is 36.4 Å². The molecular formula is C24H21N3O. The number of aryl methyl sites for hydroxylation is 2. The first kappa shape index (κ1) is 17.8. The molecule has 0 N–H and O–H groups in total. The summed E-state index contributed by atoms with van der Waals surface area (Å²) in [5, 5.41) is 11.8. The van der Waals surface area contributed by atoms with Crippen LogP contribution >= 0.6 is 0 Å². The van der Waals surface area contributed by atoms with Crippen LogP contribution < -0.4 is 0 Å². The van der Waals surface area contributed by atoms with Crippen LogP contribution in [0.3, 0.4) is 0 Å². The van der Waals surface area contributed by atoms with Crippen LogP contribution in [0.15, 0.2) is 57.9 Å². The highest BCUT2D eigenvalue weighted by atomic mass is 16.4. The van der Waals surface area contributed by atoms with Gasteiger partial charge in [0.25, 0.3) is 0 Å². The van der Waals surface area contributed by atoms with E-state index in [-0.39, 0.29) is 0 Å². The smallest absolute Gasteiger partial charge is 0.237 e. The monoisotopic (exact) mass is 367 g/mol. The van der Waals surface area contributed by atoms with Crippen molar-refractivity contribution < 1.29 is 4.42 Å². The second-order valence-electron chi connectivity index (χ2n) is 6.99. The van der Waals surface area contributed by atoms with Crippen LogP contribution in [0.2, 0.25) is 0 Å². The Kier molecular flexibility index (Phi) is 4.37. The molecule has 4 aromatic rings. The Labute approximate surface area is 164 Å². The number of aromatic nitrogens is 1. The van der Waals surface area contributed by atoms with Crippen LogP contribution in [0.4, 0.5) is 5.88 Å². The molecule has 0 spiro atoms. The molecule has 0 bridgehead atoms. The first-order valence-corrected chi connectivity index (χ1v) is 9.22. The Bertz CT molecular complexity index is 1260. The molecule has 0 fully saturated rings. The van der Waals surface area contributed by atoms with Crippen molar-refractivity contribution in [3.63, 3.8) is 0 Å². The van der Waals surface area contributed by atoms with E-state index in [1.807, 2.05) is 13.8 Å². The molecule has 2 aromatic heterocycles. The third kappa shape index (κ3) is 2.82. The normalized spacial score (nSPS) is 11.4. The predicted molar refractivity (Wildman–Crippen MR) is 113 cm³/mol. The van der Waals surface area contributed by atoms with Gasteiger partial charge in [0.1, 0.15) is 17.4 Å². The summed E-state index contributed by atoms with van der Waals surface area (Å²) in [5.74, 6) is 1.09. The Balaban J connectivity index is 1.81. The van der Waals surface area contributed by atoms with Crippen molar-refractivity contribution in [2.24, 2.45) is 4.99 Å². The van der Waals surface area contributed by atoms with Crippen molar-refractivity contribution >= 4 is 22.9 Å². The van der Waals surface area contributed by atoms with Crippen molar-refractivity contribution in [1.29, 1.82) is 5.26 Å². The molecule has 0 aliphatic rings. The maximum atomic E-state index is 9.37. The molecule has 0 unspecified atom stereocenters. The number of hydrogen-bond acceptors (Lipinski definition) is 3. The van der Waals surface area contributed by atoms with E-state index in [4.69, 9.17) is 4.42 Å². The van der Waals surface area contributed by atoms with Gasteiger partial charge in [0.05, 0.1) is 5.69 Å². The zero-order valence-electron chi connectivity index (χ0n) is 16.4. The second kappa shape index (κ2) is 6.86. The van der Waals surface area contributed by atoms with E-state index in [1.165, 1.54) is 10.8 Å². The highest BCUT2D eigenvalue weighted by Gasteiger charge is 2.15. The fourth-order valence-electron chi connectivity index (χ4n) is 3.65. The molecule has 0 radical (unpaired) electrons. The van der Waals surface area contributed by atoms with Gasteiger partial charge in [0.15, 0.2) is 0 Å². The molecule has 138 valence electrons. The minimum absolute atomic E-state index is 0.368. The minimum Gasteiger partial charge on any atom is -0.442 e. The molecule has 0 atom stereocenters. The largest absolute Gasteiger partial charge is 0.442 e. The second-order valence-corrected chi connectivity index (χ2v) is 6.99. The van der Waals surface area contributed by atoms with E-state index in [2.05, 4.69) is 78.0 Å². The third-order valence-corrected chi connectivity index (χ3v) is 5.28. The van der Waals surface area contributed by atoms with Gasteiger partial charge in [0.2, 0.25) is 5.88 Å². The van der Waals surface area contributed by atoms with E-state index in [0.717, 1.165) is 34.0 Å². The molecule has 0 aliphatic carbocycles. The van der Waals surface area contributed by atoms with Gasteiger partial charge in [0, 0.05) is 34.1 Å².